The van der Waals surface area contributed by atoms with Crippen molar-refractivity contribution < 1.29 is 19.1 Å². The molecule has 1 aromatic heterocycles. The average Bonchev–Trinajstić information content (AvgIpc) is 3.34. The maximum Gasteiger partial charge on any atom is 0.247 e. The summed E-state index contributed by atoms with van der Waals surface area (Å²) in [4.78, 5) is 32.8. The number of carbonyl (C=O) groups is 2. The van der Waals surface area contributed by atoms with Crippen molar-refractivity contribution in [2.75, 3.05) is 46.9 Å². The van der Waals surface area contributed by atoms with Crippen LogP contribution in [0, 0.1) is 0 Å². The van der Waals surface area contributed by atoms with E-state index in [1.54, 1.807) is 25.6 Å². The lowest BCUT2D eigenvalue weighted by atomic mass is 10.1. The molecule has 0 N–H and O–H groups in total. The highest BCUT2D eigenvalue weighted by atomic mass is 35.5. The minimum Gasteiger partial charge on any atom is -0.493 e. The van der Waals surface area contributed by atoms with Gasteiger partial charge in [-0.1, -0.05) is 17.7 Å². The number of amides is 2. The first-order valence-electron chi connectivity index (χ1n) is 10.7. The summed E-state index contributed by atoms with van der Waals surface area (Å²) >= 11 is 7.64. The van der Waals surface area contributed by atoms with Gasteiger partial charge in [-0.2, -0.15) is 0 Å². The number of rotatable bonds is 8. The smallest absolute Gasteiger partial charge is 0.247 e. The third-order valence-electron chi connectivity index (χ3n) is 6.15. The zero-order valence-corrected chi connectivity index (χ0v) is 20.0. The Balaban J connectivity index is 1.30. The minimum atomic E-state index is -0.341. The highest BCUT2D eigenvalue weighted by Gasteiger charge is 2.42. The summed E-state index contributed by atoms with van der Waals surface area (Å²) in [6.07, 6.45) is 0.854. The van der Waals surface area contributed by atoms with Crippen molar-refractivity contribution in [2.45, 2.75) is 25.4 Å². The van der Waals surface area contributed by atoms with Crippen LogP contribution in [0.5, 0.6) is 11.5 Å². The quantitative estimate of drug-likeness (QED) is 0.545. The maximum atomic E-state index is 13.0. The molecule has 2 amide bonds. The molecule has 2 fully saturated rings. The molecule has 0 aliphatic carbocycles. The van der Waals surface area contributed by atoms with Gasteiger partial charge in [-0.05, 0) is 36.2 Å². The molecule has 4 rings (SSSR count). The van der Waals surface area contributed by atoms with Gasteiger partial charge in [0.1, 0.15) is 0 Å². The van der Waals surface area contributed by atoms with E-state index in [1.165, 1.54) is 9.78 Å². The van der Waals surface area contributed by atoms with Crippen LogP contribution >= 0.6 is 22.9 Å². The van der Waals surface area contributed by atoms with E-state index in [-0.39, 0.29) is 24.3 Å². The Morgan fingerprint density at radius 2 is 1.78 bits per heavy atom. The highest BCUT2D eigenvalue weighted by Crippen LogP contribution is 2.28. The molecule has 9 heteroatoms. The summed E-state index contributed by atoms with van der Waals surface area (Å²) in [6.45, 7) is 4.57. The van der Waals surface area contributed by atoms with Gasteiger partial charge in [0.25, 0.3) is 0 Å². The molecular weight excluding hydrogens is 450 g/mol. The average molecular weight is 478 g/mol. The lowest BCUT2D eigenvalue weighted by molar-refractivity contribution is -0.139. The van der Waals surface area contributed by atoms with Crippen molar-refractivity contribution >= 4 is 34.8 Å². The van der Waals surface area contributed by atoms with Crippen molar-refractivity contribution in [3.8, 4) is 11.5 Å². The summed E-state index contributed by atoms with van der Waals surface area (Å²) in [6, 6.07) is 9.32. The summed E-state index contributed by atoms with van der Waals surface area (Å²) in [5, 5.41) is 0. The van der Waals surface area contributed by atoms with Gasteiger partial charge in [0.15, 0.2) is 11.5 Å². The topological polar surface area (TPSA) is 62.3 Å². The largest absolute Gasteiger partial charge is 0.493 e. The van der Waals surface area contributed by atoms with E-state index in [1.807, 2.05) is 24.3 Å². The van der Waals surface area contributed by atoms with E-state index < -0.39 is 0 Å². The van der Waals surface area contributed by atoms with Gasteiger partial charge in [0.2, 0.25) is 11.8 Å². The Morgan fingerprint density at radius 3 is 2.44 bits per heavy atom. The van der Waals surface area contributed by atoms with Gasteiger partial charge in [-0.3, -0.25) is 24.3 Å². The lowest BCUT2D eigenvalue weighted by Crippen LogP contribution is -2.52. The summed E-state index contributed by atoms with van der Waals surface area (Å²) in [7, 11) is 3.19. The normalized spacial score (nSPS) is 20.2. The zero-order valence-electron chi connectivity index (χ0n) is 18.4. The number of carbonyl (C=O) groups excluding carboxylic acids is 2. The van der Waals surface area contributed by atoms with Crippen LogP contribution in [-0.4, -0.2) is 79.5 Å². The first-order valence-corrected chi connectivity index (χ1v) is 11.9. The zero-order chi connectivity index (χ0) is 22.7. The maximum absolute atomic E-state index is 13.0. The number of methoxy groups -OCH3 is 2. The van der Waals surface area contributed by atoms with E-state index in [0.717, 1.165) is 42.6 Å². The molecule has 0 radical (unpaired) electrons. The number of hydrogen-bond acceptors (Lipinski definition) is 7. The standard InChI is InChI=1S/C23H28ClN3O4S/c1-30-19-5-3-16(13-20(19)31-2)7-8-27-22(28)14-18(23(27)29)26-11-9-25(10-12-26)15-17-4-6-21(24)32-17/h3-6,13,18H,7-12,14-15H2,1-2H3/t18-/m1/s1. The third kappa shape index (κ3) is 5.09. The Bertz CT molecular complexity index is 974. The first kappa shape index (κ1) is 23.0. The summed E-state index contributed by atoms with van der Waals surface area (Å²) in [5.74, 6) is 1.14. The molecule has 0 unspecified atom stereocenters. The predicted molar refractivity (Wildman–Crippen MR) is 125 cm³/mol. The second-order valence-electron chi connectivity index (χ2n) is 8.06. The molecule has 2 aromatic rings. The molecule has 0 bridgehead atoms. The Kier molecular flexibility index (Phi) is 7.35. The fourth-order valence-corrected chi connectivity index (χ4v) is 5.48. The second-order valence-corrected chi connectivity index (χ2v) is 9.86. The van der Waals surface area contributed by atoms with Crippen molar-refractivity contribution in [3.05, 3.63) is 45.1 Å². The molecule has 0 saturated carbocycles. The Labute approximate surface area is 197 Å². The van der Waals surface area contributed by atoms with Crippen LogP contribution in [-0.2, 0) is 22.6 Å². The SMILES string of the molecule is COc1ccc(CCN2C(=O)C[C@@H](N3CCN(Cc4ccc(Cl)s4)CC3)C2=O)cc1OC. The molecule has 2 aliphatic rings. The van der Waals surface area contributed by atoms with Crippen LogP contribution in [0.15, 0.2) is 30.3 Å². The summed E-state index contributed by atoms with van der Waals surface area (Å²) < 4.78 is 11.4. The molecule has 1 aromatic carbocycles. The second kappa shape index (κ2) is 10.2. The minimum absolute atomic E-state index is 0.0750. The third-order valence-corrected chi connectivity index (χ3v) is 7.36. The monoisotopic (exact) mass is 477 g/mol. The fourth-order valence-electron chi connectivity index (χ4n) is 4.35. The fraction of sp³-hybridized carbons (Fsp3) is 0.478. The number of ether oxygens (including phenoxy) is 2. The Morgan fingerprint density at radius 1 is 1.03 bits per heavy atom. The van der Waals surface area contributed by atoms with Crippen molar-refractivity contribution in [3.63, 3.8) is 0 Å². The number of nitrogens with zero attached hydrogens (tertiary/aromatic N) is 3. The van der Waals surface area contributed by atoms with Crippen LogP contribution in [0.2, 0.25) is 4.34 Å². The number of likely N-dealkylation sites (tertiary alicyclic amines) is 1. The molecular formula is C23H28ClN3O4S. The number of halogens is 1. The number of imide groups is 1. The van der Waals surface area contributed by atoms with Crippen LogP contribution in [0.4, 0.5) is 0 Å². The van der Waals surface area contributed by atoms with Crippen molar-refractivity contribution in [1.29, 1.82) is 0 Å². The van der Waals surface area contributed by atoms with Crippen molar-refractivity contribution in [1.82, 2.24) is 14.7 Å². The van der Waals surface area contributed by atoms with E-state index >= 15 is 0 Å². The van der Waals surface area contributed by atoms with Crippen LogP contribution < -0.4 is 9.47 Å². The van der Waals surface area contributed by atoms with Gasteiger partial charge < -0.3 is 9.47 Å². The van der Waals surface area contributed by atoms with Gasteiger partial charge >= 0.3 is 0 Å². The van der Waals surface area contributed by atoms with Crippen LogP contribution in [0.1, 0.15) is 16.9 Å². The van der Waals surface area contributed by atoms with Gasteiger partial charge in [-0.15, -0.1) is 11.3 Å². The van der Waals surface area contributed by atoms with Gasteiger partial charge in [0.05, 0.1) is 31.0 Å². The van der Waals surface area contributed by atoms with E-state index in [9.17, 15) is 9.59 Å². The molecule has 7 nitrogen and oxygen atoms in total. The first-order chi connectivity index (χ1) is 15.5. The number of benzene rings is 1. The highest BCUT2D eigenvalue weighted by molar-refractivity contribution is 7.16. The Hall–Kier alpha value is -2.13. The molecule has 3 heterocycles. The van der Waals surface area contributed by atoms with E-state index in [4.69, 9.17) is 21.1 Å². The molecule has 172 valence electrons. The number of hydrogen-bond donors (Lipinski definition) is 0. The van der Waals surface area contributed by atoms with E-state index in [0.29, 0.717) is 24.5 Å². The van der Waals surface area contributed by atoms with Gasteiger partial charge in [-0.25, -0.2) is 0 Å². The lowest BCUT2D eigenvalue weighted by Gasteiger charge is -2.36. The molecule has 0 spiro atoms. The molecule has 2 aliphatic heterocycles. The van der Waals surface area contributed by atoms with Crippen LogP contribution in [0.25, 0.3) is 0 Å². The number of thiophene rings is 1. The predicted octanol–water partition coefficient (Wildman–Crippen LogP) is 2.91. The number of piperazine rings is 1. The van der Waals surface area contributed by atoms with Crippen LogP contribution in [0.3, 0.4) is 0 Å². The summed E-state index contributed by atoms with van der Waals surface area (Å²) in [5.41, 5.74) is 0.994. The van der Waals surface area contributed by atoms with Crippen molar-refractivity contribution in [2.24, 2.45) is 0 Å². The molecule has 2 saturated heterocycles. The van der Waals surface area contributed by atoms with Gasteiger partial charge in [0, 0.05) is 44.1 Å². The van der Waals surface area contributed by atoms with E-state index in [2.05, 4.69) is 15.9 Å². The molecule has 32 heavy (non-hydrogen) atoms. The molecule has 1 atom stereocenters.